The van der Waals surface area contributed by atoms with E-state index in [1.165, 1.54) is 154 Å². The molecule has 298 valence electrons. The fourth-order valence-corrected chi connectivity index (χ4v) is 6.72. The van der Waals surface area contributed by atoms with Gasteiger partial charge in [0, 0.05) is 25.9 Å². The molecule has 1 unspecified atom stereocenters. The summed E-state index contributed by atoms with van der Waals surface area (Å²) in [6.45, 7) is 11.9. The number of hydrogen-bond acceptors (Lipinski definition) is 6. The zero-order chi connectivity index (χ0) is 36.8. The van der Waals surface area contributed by atoms with Gasteiger partial charge in [-0.25, -0.2) is 0 Å². The molecule has 0 saturated carbocycles. The monoisotopic (exact) mass is 709 g/mol. The highest BCUT2D eigenvalue weighted by molar-refractivity contribution is 5.69. The van der Waals surface area contributed by atoms with Crippen LogP contribution in [0.15, 0.2) is 0 Å². The molecule has 0 aromatic rings. The highest BCUT2D eigenvalue weighted by atomic mass is 16.5. The van der Waals surface area contributed by atoms with E-state index in [-0.39, 0.29) is 18.0 Å². The fourth-order valence-electron chi connectivity index (χ4n) is 6.72. The second-order valence-electron chi connectivity index (χ2n) is 15.5. The first-order valence-corrected chi connectivity index (χ1v) is 22.1. The Morgan fingerprint density at radius 1 is 0.440 bits per heavy atom. The first-order chi connectivity index (χ1) is 24.4. The SMILES string of the molecule is CCCCCCCCCOC(=O)CCCCCCCN(CCCCCCCC(=O)OC(CCCCCC)CCCCCCCC)CCN(C)C. The molecule has 0 aromatic heterocycles. The van der Waals surface area contributed by atoms with Crippen LogP contribution >= 0.6 is 0 Å². The number of rotatable bonds is 40. The first kappa shape index (κ1) is 48.9. The summed E-state index contributed by atoms with van der Waals surface area (Å²) in [5, 5.41) is 0. The Labute approximate surface area is 313 Å². The molecule has 50 heavy (non-hydrogen) atoms. The Kier molecular flexibility index (Phi) is 38.2. The van der Waals surface area contributed by atoms with Crippen molar-refractivity contribution in [1.82, 2.24) is 9.80 Å². The van der Waals surface area contributed by atoms with Gasteiger partial charge in [0.05, 0.1) is 6.61 Å². The largest absolute Gasteiger partial charge is 0.466 e. The normalized spacial score (nSPS) is 12.2. The number of likely N-dealkylation sites (N-methyl/N-ethyl adjacent to an activating group) is 1. The zero-order valence-electron chi connectivity index (χ0n) is 34.6. The van der Waals surface area contributed by atoms with Gasteiger partial charge < -0.3 is 19.3 Å². The summed E-state index contributed by atoms with van der Waals surface area (Å²) in [6, 6.07) is 0. The summed E-state index contributed by atoms with van der Waals surface area (Å²) < 4.78 is 11.4. The van der Waals surface area contributed by atoms with E-state index in [0.717, 1.165) is 58.0 Å². The summed E-state index contributed by atoms with van der Waals surface area (Å²) in [5.41, 5.74) is 0. The summed E-state index contributed by atoms with van der Waals surface area (Å²) >= 11 is 0. The minimum Gasteiger partial charge on any atom is -0.466 e. The van der Waals surface area contributed by atoms with E-state index in [4.69, 9.17) is 9.47 Å². The van der Waals surface area contributed by atoms with E-state index in [2.05, 4.69) is 44.7 Å². The molecule has 0 heterocycles. The van der Waals surface area contributed by atoms with Crippen LogP contribution in [0.2, 0.25) is 0 Å². The predicted molar refractivity (Wildman–Crippen MR) is 216 cm³/mol. The summed E-state index contributed by atoms with van der Waals surface area (Å²) in [6.07, 6.45) is 36.3. The maximum atomic E-state index is 12.7. The van der Waals surface area contributed by atoms with Gasteiger partial charge in [-0.2, -0.15) is 0 Å². The van der Waals surface area contributed by atoms with Gasteiger partial charge >= 0.3 is 11.9 Å². The summed E-state index contributed by atoms with van der Waals surface area (Å²) in [4.78, 5) is 29.6. The third kappa shape index (κ3) is 36.6. The molecule has 1 atom stereocenters. The maximum Gasteiger partial charge on any atom is 0.306 e. The van der Waals surface area contributed by atoms with Crippen LogP contribution in [0.1, 0.15) is 220 Å². The maximum absolute atomic E-state index is 12.7. The fraction of sp³-hybridized carbons (Fsp3) is 0.955. The lowest BCUT2D eigenvalue weighted by Gasteiger charge is -2.24. The Morgan fingerprint density at radius 3 is 1.34 bits per heavy atom. The van der Waals surface area contributed by atoms with Gasteiger partial charge in [0.2, 0.25) is 0 Å². The van der Waals surface area contributed by atoms with Gasteiger partial charge in [0.15, 0.2) is 0 Å². The van der Waals surface area contributed by atoms with E-state index in [1.54, 1.807) is 0 Å². The number of carbonyl (C=O) groups excluding carboxylic acids is 2. The average molecular weight is 709 g/mol. The van der Waals surface area contributed by atoms with Crippen LogP contribution in [0.4, 0.5) is 0 Å². The number of unbranched alkanes of at least 4 members (excludes halogenated alkanes) is 22. The number of ether oxygens (including phenoxy) is 2. The summed E-state index contributed by atoms with van der Waals surface area (Å²) in [7, 11) is 4.32. The molecule has 0 saturated heterocycles. The van der Waals surface area contributed by atoms with Crippen molar-refractivity contribution in [3.05, 3.63) is 0 Å². The number of esters is 2. The molecule has 0 aliphatic rings. The van der Waals surface area contributed by atoms with E-state index < -0.39 is 0 Å². The molecule has 6 heteroatoms. The molecule has 0 spiro atoms. The van der Waals surface area contributed by atoms with Gasteiger partial charge in [-0.15, -0.1) is 0 Å². The molecule has 0 rings (SSSR count). The van der Waals surface area contributed by atoms with Gasteiger partial charge in [0.1, 0.15) is 6.10 Å². The van der Waals surface area contributed by atoms with Crippen molar-refractivity contribution in [2.75, 3.05) is 46.9 Å². The van der Waals surface area contributed by atoms with Crippen LogP contribution in [0.25, 0.3) is 0 Å². The van der Waals surface area contributed by atoms with Crippen molar-refractivity contribution < 1.29 is 19.1 Å². The minimum absolute atomic E-state index is 0.00798. The van der Waals surface area contributed by atoms with E-state index in [0.29, 0.717) is 19.4 Å². The lowest BCUT2D eigenvalue weighted by molar-refractivity contribution is -0.150. The van der Waals surface area contributed by atoms with Crippen molar-refractivity contribution in [2.45, 2.75) is 226 Å². The molecule has 0 amide bonds. The highest BCUT2D eigenvalue weighted by Gasteiger charge is 2.14. The number of hydrogen-bond donors (Lipinski definition) is 0. The standard InChI is InChI=1S/C44H88N2O4/c1-6-9-12-15-17-25-32-41-49-43(47)35-28-21-18-23-30-37-46(40-39-45(4)5)38-31-24-19-22-29-36-44(48)50-42(33-26-14-11-8-3)34-27-20-16-13-10-7-2/h42H,6-41H2,1-5H3. The molecule has 6 nitrogen and oxygen atoms in total. The van der Waals surface area contributed by atoms with Crippen LogP contribution < -0.4 is 0 Å². The van der Waals surface area contributed by atoms with Crippen molar-refractivity contribution in [2.24, 2.45) is 0 Å². The van der Waals surface area contributed by atoms with Gasteiger partial charge in [-0.3, -0.25) is 9.59 Å². The van der Waals surface area contributed by atoms with E-state index >= 15 is 0 Å². The molecule has 0 aliphatic heterocycles. The molecule has 0 aromatic carbocycles. The molecule has 0 radical (unpaired) electrons. The van der Waals surface area contributed by atoms with Crippen LogP contribution in [0.3, 0.4) is 0 Å². The second-order valence-corrected chi connectivity index (χ2v) is 15.5. The van der Waals surface area contributed by atoms with Crippen LogP contribution in [-0.4, -0.2) is 74.7 Å². The van der Waals surface area contributed by atoms with Crippen molar-refractivity contribution in [3.63, 3.8) is 0 Å². The first-order valence-electron chi connectivity index (χ1n) is 22.1. The Bertz CT molecular complexity index is 716. The van der Waals surface area contributed by atoms with E-state index in [9.17, 15) is 9.59 Å². The molecule has 0 N–H and O–H groups in total. The number of nitrogens with zero attached hydrogens (tertiary/aromatic N) is 2. The predicted octanol–water partition coefficient (Wildman–Crippen LogP) is 12.5. The Morgan fingerprint density at radius 2 is 0.840 bits per heavy atom. The lowest BCUT2D eigenvalue weighted by Crippen LogP contribution is -2.33. The third-order valence-electron chi connectivity index (χ3n) is 10.1. The Balaban J connectivity index is 4.05. The van der Waals surface area contributed by atoms with Crippen molar-refractivity contribution >= 4 is 11.9 Å². The lowest BCUT2D eigenvalue weighted by atomic mass is 10.0. The molecule has 0 fully saturated rings. The smallest absolute Gasteiger partial charge is 0.306 e. The van der Waals surface area contributed by atoms with Crippen LogP contribution in [0.5, 0.6) is 0 Å². The summed E-state index contributed by atoms with van der Waals surface area (Å²) in [5.74, 6) is 0.0245. The zero-order valence-corrected chi connectivity index (χ0v) is 34.6. The number of carbonyl (C=O) groups is 2. The van der Waals surface area contributed by atoms with E-state index in [1.807, 2.05) is 0 Å². The Hall–Kier alpha value is -1.14. The minimum atomic E-state index is -0.00798. The molecular formula is C44H88N2O4. The van der Waals surface area contributed by atoms with Crippen molar-refractivity contribution in [3.8, 4) is 0 Å². The van der Waals surface area contributed by atoms with Gasteiger partial charge in [-0.1, -0.05) is 149 Å². The van der Waals surface area contributed by atoms with Crippen molar-refractivity contribution in [1.29, 1.82) is 0 Å². The van der Waals surface area contributed by atoms with Gasteiger partial charge in [-0.05, 0) is 85.0 Å². The van der Waals surface area contributed by atoms with Crippen LogP contribution in [0, 0.1) is 0 Å². The molecule has 0 aliphatic carbocycles. The highest BCUT2D eigenvalue weighted by Crippen LogP contribution is 2.18. The third-order valence-corrected chi connectivity index (χ3v) is 10.1. The second kappa shape index (κ2) is 39.1. The van der Waals surface area contributed by atoms with Gasteiger partial charge in [0.25, 0.3) is 0 Å². The molecule has 0 bridgehead atoms. The quantitative estimate of drug-likeness (QED) is 0.0466. The van der Waals surface area contributed by atoms with Crippen LogP contribution in [-0.2, 0) is 19.1 Å². The molecular weight excluding hydrogens is 620 g/mol. The topological polar surface area (TPSA) is 59.1 Å². The average Bonchev–Trinajstić information content (AvgIpc) is 3.10.